The van der Waals surface area contributed by atoms with Crippen molar-refractivity contribution >= 4 is 34.7 Å². The molecular weight excluding hydrogens is 440 g/mol. The van der Waals surface area contributed by atoms with E-state index in [0.717, 1.165) is 39.5 Å². The van der Waals surface area contributed by atoms with Gasteiger partial charge in [-0.05, 0) is 49.9 Å². The molecule has 4 aromatic rings. The zero-order valence-corrected chi connectivity index (χ0v) is 19.6. The second-order valence-corrected chi connectivity index (χ2v) is 8.29. The molecule has 0 aliphatic heterocycles. The third kappa shape index (κ3) is 4.45. The minimum Gasteiger partial charge on any atom is -0.497 e. The fourth-order valence-electron chi connectivity index (χ4n) is 3.65. The number of benzene rings is 2. The predicted octanol–water partition coefficient (Wildman–Crippen LogP) is 4.99. The Morgan fingerprint density at radius 3 is 2.48 bits per heavy atom. The molecule has 2 heterocycles. The van der Waals surface area contributed by atoms with Crippen LogP contribution in [0.3, 0.4) is 0 Å². The molecule has 0 saturated heterocycles. The van der Waals surface area contributed by atoms with Crippen LogP contribution in [0.4, 0.5) is 0 Å². The lowest BCUT2D eigenvalue weighted by molar-refractivity contribution is -0.131. The Balaban J connectivity index is 1.75. The summed E-state index contributed by atoms with van der Waals surface area (Å²) in [7, 11) is 3.17. The van der Waals surface area contributed by atoms with Crippen LogP contribution in [-0.4, -0.2) is 45.0 Å². The van der Waals surface area contributed by atoms with E-state index in [4.69, 9.17) is 9.47 Å². The standard InChI is InChI=1S/C24H24N4O4S/c1-5-28-22(15-10-16(31-3)12-17(11-15)32-4)26-27-24(28)33-21(23(29)30)13-19-14(2)25-20-9-7-6-8-18(19)20/h6-13,25H,5H2,1-4H3,(H,29,30)/b21-13-. The molecule has 0 radical (unpaired) electrons. The van der Waals surface area contributed by atoms with E-state index in [9.17, 15) is 9.90 Å². The summed E-state index contributed by atoms with van der Waals surface area (Å²) in [5.41, 5.74) is 3.47. The maximum absolute atomic E-state index is 12.1. The number of H-pyrrole nitrogens is 1. The molecule has 0 bridgehead atoms. The van der Waals surface area contributed by atoms with E-state index in [1.807, 2.05) is 54.8 Å². The average Bonchev–Trinajstić information content (AvgIpc) is 3.38. The zero-order chi connectivity index (χ0) is 23.5. The summed E-state index contributed by atoms with van der Waals surface area (Å²) in [5.74, 6) is 0.834. The van der Waals surface area contributed by atoms with Gasteiger partial charge in [-0.2, -0.15) is 0 Å². The van der Waals surface area contributed by atoms with Crippen molar-refractivity contribution in [1.29, 1.82) is 0 Å². The Morgan fingerprint density at radius 1 is 1.15 bits per heavy atom. The molecule has 0 aliphatic carbocycles. The summed E-state index contributed by atoms with van der Waals surface area (Å²) in [6.07, 6.45) is 1.68. The molecule has 33 heavy (non-hydrogen) atoms. The fourth-order valence-corrected chi connectivity index (χ4v) is 4.52. The molecule has 9 heteroatoms. The van der Waals surface area contributed by atoms with Gasteiger partial charge in [-0.3, -0.25) is 0 Å². The quantitative estimate of drug-likeness (QED) is 0.280. The Hall–Kier alpha value is -3.72. The van der Waals surface area contributed by atoms with Crippen LogP contribution in [-0.2, 0) is 11.3 Å². The van der Waals surface area contributed by atoms with E-state index in [1.165, 1.54) is 0 Å². The lowest BCUT2D eigenvalue weighted by Crippen LogP contribution is -2.03. The van der Waals surface area contributed by atoms with E-state index in [1.54, 1.807) is 26.4 Å². The summed E-state index contributed by atoms with van der Waals surface area (Å²) < 4.78 is 12.6. The molecule has 8 nitrogen and oxygen atoms in total. The minimum absolute atomic E-state index is 0.153. The SMILES string of the molecule is CCn1c(S/C(=C\c2c(C)[nH]c3ccccc23)C(=O)O)nnc1-c1cc(OC)cc(OC)c1. The first-order chi connectivity index (χ1) is 15.9. The topological polar surface area (TPSA) is 102 Å². The fraction of sp³-hybridized carbons (Fsp3) is 0.208. The number of aromatic amines is 1. The molecule has 0 aliphatic rings. The van der Waals surface area contributed by atoms with Gasteiger partial charge in [-0.25, -0.2) is 4.79 Å². The zero-order valence-electron chi connectivity index (χ0n) is 18.7. The van der Waals surface area contributed by atoms with Crippen LogP contribution >= 0.6 is 11.8 Å². The van der Waals surface area contributed by atoms with Crippen molar-refractivity contribution in [3.05, 3.63) is 58.6 Å². The van der Waals surface area contributed by atoms with Crippen LogP contribution in [0.1, 0.15) is 18.2 Å². The van der Waals surface area contributed by atoms with Gasteiger partial charge in [0, 0.05) is 40.3 Å². The van der Waals surface area contributed by atoms with Gasteiger partial charge < -0.3 is 24.1 Å². The number of thioether (sulfide) groups is 1. The van der Waals surface area contributed by atoms with Crippen LogP contribution in [0.25, 0.3) is 28.4 Å². The maximum atomic E-state index is 12.1. The number of aliphatic carboxylic acids is 1. The van der Waals surface area contributed by atoms with Crippen LogP contribution < -0.4 is 9.47 Å². The monoisotopic (exact) mass is 464 g/mol. The average molecular weight is 465 g/mol. The number of aryl methyl sites for hydroxylation is 1. The number of methoxy groups -OCH3 is 2. The summed E-state index contributed by atoms with van der Waals surface area (Å²) in [4.78, 5) is 15.6. The Morgan fingerprint density at radius 2 is 1.85 bits per heavy atom. The van der Waals surface area contributed by atoms with Crippen molar-refractivity contribution < 1.29 is 19.4 Å². The molecule has 0 fully saturated rings. The summed E-state index contributed by atoms with van der Waals surface area (Å²) >= 11 is 1.07. The van der Waals surface area contributed by atoms with Crippen LogP contribution in [0, 0.1) is 6.92 Å². The molecule has 170 valence electrons. The molecule has 0 spiro atoms. The molecule has 0 amide bonds. The van der Waals surface area contributed by atoms with Crippen molar-refractivity contribution in [2.45, 2.75) is 25.5 Å². The van der Waals surface area contributed by atoms with E-state index < -0.39 is 5.97 Å². The van der Waals surface area contributed by atoms with E-state index in [0.29, 0.717) is 29.0 Å². The highest BCUT2D eigenvalue weighted by molar-refractivity contribution is 8.04. The lowest BCUT2D eigenvalue weighted by Gasteiger charge is -2.10. The van der Waals surface area contributed by atoms with Gasteiger partial charge in [-0.15, -0.1) is 10.2 Å². The Kier molecular flexibility index (Phi) is 6.41. The number of nitrogens with one attached hydrogen (secondary N) is 1. The molecule has 0 saturated carbocycles. The minimum atomic E-state index is -1.03. The Labute approximate surface area is 195 Å². The van der Waals surface area contributed by atoms with Crippen LogP contribution in [0.2, 0.25) is 0 Å². The third-order valence-corrected chi connectivity index (χ3v) is 6.27. The smallest absolute Gasteiger partial charge is 0.342 e. The summed E-state index contributed by atoms with van der Waals surface area (Å²) in [6, 6.07) is 13.3. The summed E-state index contributed by atoms with van der Waals surface area (Å²) in [5, 5.41) is 20.0. The van der Waals surface area contributed by atoms with Crippen molar-refractivity contribution in [3.63, 3.8) is 0 Å². The number of carboxylic acids is 1. The van der Waals surface area contributed by atoms with Gasteiger partial charge in [0.1, 0.15) is 16.4 Å². The number of fused-ring (bicyclic) bond motifs is 1. The number of aromatic nitrogens is 4. The first-order valence-electron chi connectivity index (χ1n) is 10.3. The van der Waals surface area contributed by atoms with Gasteiger partial charge in [0.05, 0.1) is 14.2 Å². The molecule has 2 aromatic heterocycles. The largest absolute Gasteiger partial charge is 0.497 e. The highest BCUT2D eigenvalue weighted by Gasteiger charge is 2.20. The van der Waals surface area contributed by atoms with Crippen LogP contribution in [0.15, 0.2) is 52.5 Å². The van der Waals surface area contributed by atoms with Crippen LogP contribution in [0.5, 0.6) is 11.5 Å². The highest BCUT2D eigenvalue weighted by atomic mass is 32.2. The number of nitrogens with zero attached hydrogens (tertiary/aromatic N) is 3. The van der Waals surface area contributed by atoms with Crippen molar-refractivity contribution in [2.75, 3.05) is 14.2 Å². The number of para-hydroxylation sites is 1. The van der Waals surface area contributed by atoms with Gasteiger partial charge >= 0.3 is 5.97 Å². The summed E-state index contributed by atoms with van der Waals surface area (Å²) in [6.45, 7) is 4.45. The second kappa shape index (κ2) is 9.41. The molecule has 2 N–H and O–H groups in total. The number of carboxylic acid groups (broad SMARTS) is 1. The third-order valence-electron chi connectivity index (χ3n) is 5.27. The molecule has 0 atom stereocenters. The number of rotatable bonds is 8. The number of hydrogen-bond donors (Lipinski definition) is 2. The molecule has 0 unspecified atom stereocenters. The first-order valence-corrected chi connectivity index (χ1v) is 11.1. The number of hydrogen-bond acceptors (Lipinski definition) is 6. The molecular formula is C24H24N4O4S. The lowest BCUT2D eigenvalue weighted by atomic mass is 10.1. The predicted molar refractivity (Wildman–Crippen MR) is 129 cm³/mol. The van der Waals surface area contributed by atoms with Gasteiger partial charge in [-0.1, -0.05) is 18.2 Å². The van der Waals surface area contributed by atoms with Crippen molar-refractivity contribution in [3.8, 4) is 22.9 Å². The highest BCUT2D eigenvalue weighted by Crippen LogP contribution is 2.34. The van der Waals surface area contributed by atoms with Gasteiger partial charge in [0.2, 0.25) is 0 Å². The normalized spacial score (nSPS) is 11.7. The van der Waals surface area contributed by atoms with Crippen molar-refractivity contribution in [1.82, 2.24) is 19.7 Å². The maximum Gasteiger partial charge on any atom is 0.342 e. The number of carbonyl (C=O) groups is 1. The Bertz CT molecular complexity index is 1330. The van der Waals surface area contributed by atoms with E-state index >= 15 is 0 Å². The second-order valence-electron chi connectivity index (χ2n) is 7.28. The number of ether oxygens (including phenoxy) is 2. The first kappa shape index (κ1) is 22.5. The van der Waals surface area contributed by atoms with Gasteiger partial charge in [0.15, 0.2) is 11.0 Å². The van der Waals surface area contributed by atoms with E-state index in [2.05, 4.69) is 15.2 Å². The van der Waals surface area contributed by atoms with Gasteiger partial charge in [0.25, 0.3) is 0 Å². The molecule has 2 aromatic carbocycles. The van der Waals surface area contributed by atoms with Crippen molar-refractivity contribution in [2.24, 2.45) is 0 Å². The molecule has 4 rings (SSSR count). The van der Waals surface area contributed by atoms with E-state index in [-0.39, 0.29) is 4.91 Å².